The Morgan fingerprint density at radius 2 is 2.25 bits per heavy atom. The molecule has 2 N–H and O–H groups in total. The lowest BCUT2D eigenvalue weighted by molar-refractivity contribution is 0.134. The Kier molecular flexibility index (Phi) is 3.50. The zero-order valence-corrected chi connectivity index (χ0v) is 7.97. The fourth-order valence-electron chi connectivity index (χ4n) is 1.49. The SMILES string of the molecule is COCCNC(C)(CO)C1CC1. The Morgan fingerprint density at radius 1 is 1.58 bits per heavy atom. The van der Waals surface area contributed by atoms with E-state index in [4.69, 9.17) is 4.74 Å². The highest BCUT2D eigenvalue weighted by molar-refractivity contribution is 4.97. The van der Waals surface area contributed by atoms with Crippen molar-refractivity contribution in [3.63, 3.8) is 0 Å². The molecule has 0 aromatic rings. The second-order valence-corrected chi connectivity index (χ2v) is 3.77. The minimum Gasteiger partial charge on any atom is -0.394 e. The number of ether oxygens (including phenoxy) is 1. The maximum Gasteiger partial charge on any atom is 0.0613 e. The van der Waals surface area contributed by atoms with Gasteiger partial charge in [0.15, 0.2) is 0 Å². The van der Waals surface area contributed by atoms with Gasteiger partial charge in [0, 0.05) is 19.2 Å². The third-order valence-corrected chi connectivity index (χ3v) is 2.64. The van der Waals surface area contributed by atoms with Gasteiger partial charge < -0.3 is 15.2 Å². The van der Waals surface area contributed by atoms with Crippen LogP contribution in [-0.4, -0.2) is 37.5 Å². The van der Waals surface area contributed by atoms with Gasteiger partial charge in [0.2, 0.25) is 0 Å². The highest BCUT2D eigenvalue weighted by Gasteiger charge is 2.40. The van der Waals surface area contributed by atoms with E-state index in [0.29, 0.717) is 12.5 Å². The molecule has 0 spiro atoms. The first-order chi connectivity index (χ1) is 5.73. The molecule has 0 aromatic heterocycles. The molecule has 3 heteroatoms. The Balaban J connectivity index is 2.23. The first-order valence-corrected chi connectivity index (χ1v) is 4.58. The van der Waals surface area contributed by atoms with Crippen LogP contribution in [0, 0.1) is 5.92 Å². The fraction of sp³-hybridized carbons (Fsp3) is 1.00. The molecule has 0 heterocycles. The van der Waals surface area contributed by atoms with E-state index in [1.54, 1.807) is 7.11 Å². The van der Waals surface area contributed by atoms with E-state index in [-0.39, 0.29) is 12.1 Å². The normalized spacial score (nSPS) is 22.2. The molecule has 1 atom stereocenters. The van der Waals surface area contributed by atoms with Gasteiger partial charge in [0.25, 0.3) is 0 Å². The van der Waals surface area contributed by atoms with Gasteiger partial charge >= 0.3 is 0 Å². The number of methoxy groups -OCH3 is 1. The molecule has 0 aromatic carbocycles. The van der Waals surface area contributed by atoms with Crippen molar-refractivity contribution in [2.24, 2.45) is 5.92 Å². The van der Waals surface area contributed by atoms with Crippen molar-refractivity contribution >= 4 is 0 Å². The average Bonchev–Trinajstić information content (AvgIpc) is 2.87. The van der Waals surface area contributed by atoms with Crippen LogP contribution in [0.2, 0.25) is 0 Å². The van der Waals surface area contributed by atoms with Crippen LogP contribution < -0.4 is 5.32 Å². The topological polar surface area (TPSA) is 41.5 Å². The standard InChI is InChI=1S/C9H19NO2/c1-9(7-11,8-3-4-8)10-5-6-12-2/h8,10-11H,3-7H2,1-2H3. The Bertz CT molecular complexity index is 136. The second-order valence-electron chi connectivity index (χ2n) is 3.77. The van der Waals surface area contributed by atoms with Crippen LogP contribution in [0.5, 0.6) is 0 Å². The second kappa shape index (κ2) is 4.21. The van der Waals surface area contributed by atoms with Crippen molar-refractivity contribution in [3.05, 3.63) is 0 Å². The monoisotopic (exact) mass is 173 g/mol. The van der Waals surface area contributed by atoms with E-state index >= 15 is 0 Å². The van der Waals surface area contributed by atoms with E-state index in [1.807, 2.05) is 0 Å². The van der Waals surface area contributed by atoms with E-state index in [0.717, 1.165) is 6.54 Å². The maximum atomic E-state index is 9.19. The molecular formula is C9H19NO2. The number of nitrogens with one attached hydrogen (secondary N) is 1. The number of hydrogen-bond donors (Lipinski definition) is 2. The minimum atomic E-state index is -0.0709. The smallest absolute Gasteiger partial charge is 0.0613 e. The first kappa shape index (κ1) is 9.96. The number of rotatable bonds is 6. The highest BCUT2D eigenvalue weighted by atomic mass is 16.5. The Labute approximate surface area is 74.1 Å². The molecule has 0 radical (unpaired) electrons. The van der Waals surface area contributed by atoms with Crippen LogP contribution in [-0.2, 0) is 4.74 Å². The molecule has 1 saturated carbocycles. The summed E-state index contributed by atoms with van der Waals surface area (Å²) >= 11 is 0. The molecule has 0 saturated heterocycles. The fourth-order valence-corrected chi connectivity index (χ4v) is 1.49. The van der Waals surface area contributed by atoms with Gasteiger partial charge in [-0.1, -0.05) is 0 Å². The molecule has 1 fully saturated rings. The highest BCUT2D eigenvalue weighted by Crippen LogP contribution is 2.39. The summed E-state index contributed by atoms with van der Waals surface area (Å²) in [6.45, 7) is 3.84. The third-order valence-electron chi connectivity index (χ3n) is 2.64. The van der Waals surface area contributed by atoms with Crippen molar-refractivity contribution in [1.82, 2.24) is 5.32 Å². The van der Waals surface area contributed by atoms with Crippen molar-refractivity contribution in [1.29, 1.82) is 0 Å². The van der Waals surface area contributed by atoms with Crippen LogP contribution in [0.15, 0.2) is 0 Å². The number of aliphatic hydroxyl groups excluding tert-OH is 1. The Hall–Kier alpha value is -0.120. The molecule has 12 heavy (non-hydrogen) atoms. The Morgan fingerprint density at radius 3 is 2.67 bits per heavy atom. The summed E-state index contributed by atoms with van der Waals surface area (Å²) < 4.78 is 4.94. The molecule has 0 bridgehead atoms. The van der Waals surface area contributed by atoms with Crippen LogP contribution in [0.1, 0.15) is 19.8 Å². The van der Waals surface area contributed by atoms with Gasteiger partial charge in [-0.15, -0.1) is 0 Å². The van der Waals surface area contributed by atoms with Gasteiger partial charge in [-0.2, -0.15) is 0 Å². The largest absolute Gasteiger partial charge is 0.394 e. The van der Waals surface area contributed by atoms with Crippen molar-refractivity contribution in [2.75, 3.05) is 26.9 Å². The van der Waals surface area contributed by atoms with Crippen LogP contribution in [0.3, 0.4) is 0 Å². The predicted molar refractivity (Wildman–Crippen MR) is 48.1 cm³/mol. The maximum absolute atomic E-state index is 9.19. The van der Waals surface area contributed by atoms with Gasteiger partial charge in [-0.05, 0) is 25.7 Å². The van der Waals surface area contributed by atoms with Crippen molar-refractivity contribution in [3.8, 4) is 0 Å². The van der Waals surface area contributed by atoms with Gasteiger partial charge in [-0.25, -0.2) is 0 Å². The first-order valence-electron chi connectivity index (χ1n) is 4.58. The molecule has 3 nitrogen and oxygen atoms in total. The van der Waals surface area contributed by atoms with Crippen LogP contribution in [0.4, 0.5) is 0 Å². The molecule has 1 aliphatic carbocycles. The molecule has 1 unspecified atom stereocenters. The van der Waals surface area contributed by atoms with Crippen LogP contribution >= 0.6 is 0 Å². The molecule has 0 aliphatic heterocycles. The summed E-state index contributed by atoms with van der Waals surface area (Å²) in [4.78, 5) is 0. The molecule has 1 rings (SSSR count). The van der Waals surface area contributed by atoms with Crippen molar-refractivity contribution < 1.29 is 9.84 Å². The van der Waals surface area contributed by atoms with E-state index in [1.165, 1.54) is 12.8 Å². The van der Waals surface area contributed by atoms with E-state index < -0.39 is 0 Å². The van der Waals surface area contributed by atoms with E-state index in [2.05, 4.69) is 12.2 Å². The lowest BCUT2D eigenvalue weighted by Gasteiger charge is -2.28. The third kappa shape index (κ3) is 2.44. The predicted octanol–water partition coefficient (Wildman–Crippen LogP) is 0.383. The average molecular weight is 173 g/mol. The van der Waals surface area contributed by atoms with Gasteiger partial charge in [-0.3, -0.25) is 0 Å². The van der Waals surface area contributed by atoms with Crippen LogP contribution in [0.25, 0.3) is 0 Å². The summed E-state index contributed by atoms with van der Waals surface area (Å²) in [5.41, 5.74) is -0.0709. The summed E-state index contributed by atoms with van der Waals surface area (Å²) in [7, 11) is 1.69. The number of hydrogen-bond acceptors (Lipinski definition) is 3. The van der Waals surface area contributed by atoms with Gasteiger partial charge in [0.1, 0.15) is 0 Å². The summed E-state index contributed by atoms with van der Waals surface area (Å²) in [5, 5.41) is 12.5. The van der Waals surface area contributed by atoms with Crippen molar-refractivity contribution in [2.45, 2.75) is 25.3 Å². The minimum absolute atomic E-state index is 0.0709. The lowest BCUT2D eigenvalue weighted by Crippen LogP contribution is -2.48. The van der Waals surface area contributed by atoms with E-state index in [9.17, 15) is 5.11 Å². The molecule has 72 valence electrons. The lowest BCUT2D eigenvalue weighted by atomic mass is 9.97. The quantitative estimate of drug-likeness (QED) is 0.571. The number of aliphatic hydroxyl groups is 1. The molecule has 0 amide bonds. The zero-order chi connectivity index (χ0) is 9.03. The summed E-state index contributed by atoms with van der Waals surface area (Å²) in [6, 6.07) is 0. The van der Waals surface area contributed by atoms with Gasteiger partial charge in [0.05, 0.1) is 13.2 Å². The summed E-state index contributed by atoms with van der Waals surface area (Å²) in [6.07, 6.45) is 2.49. The zero-order valence-electron chi connectivity index (χ0n) is 7.97. The molecular weight excluding hydrogens is 154 g/mol. The summed E-state index contributed by atoms with van der Waals surface area (Å²) in [5.74, 6) is 0.666. The molecule has 1 aliphatic rings.